The summed E-state index contributed by atoms with van der Waals surface area (Å²) in [6, 6.07) is 13.5. The lowest BCUT2D eigenvalue weighted by molar-refractivity contribution is 0.0945. The fourth-order valence-electron chi connectivity index (χ4n) is 2.26. The number of aliphatic hydroxyl groups is 1. The summed E-state index contributed by atoms with van der Waals surface area (Å²) < 4.78 is 24.3. The monoisotopic (exact) mass is 381 g/mol. The number of aliphatic hydroxyl groups excluding tert-OH is 1. The van der Waals surface area contributed by atoms with Gasteiger partial charge in [0, 0.05) is 40.6 Å². The van der Waals surface area contributed by atoms with Crippen molar-refractivity contribution in [3.05, 3.63) is 64.7 Å². The van der Waals surface area contributed by atoms with Gasteiger partial charge in [0.1, 0.15) is 0 Å². The minimum Gasteiger partial charge on any atom is -0.755 e. The lowest BCUT2D eigenvalue weighted by Gasteiger charge is -2.26. The van der Waals surface area contributed by atoms with Crippen LogP contribution < -0.4 is 9.62 Å². The second-order valence-corrected chi connectivity index (χ2v) is 6.47. The first-order valence-electron chi connectivity index (χ1n) is 7.62. The molecule has 1 atom stereocenters. The number of hydrogen-bond acceptors (Lipinski definition) is 4. The summed E-state index contributed by atoms with van der Waals surface area (Å²) in [7, 11) is 0. The second-order valence-electron chi connectivity index (χ2n) is 5.19. The van der Waals surface area contributed by atoms with Crippen LogP contribution in [0.4, 0.5) is 5.69 Å². The van der Waals surface area contributed by atoms with Gasteiger partial charge in [0.15, 0.2) is 0 Å². The van der Waals surface area contributed by atoms with Gasteiger partial charge in [0.2, 0.25) is 0 Å². The van der Waals surface area contributed by atoms with Crippen LogP contribution in [0.25, 0.3) is 0 Å². The topological polar surface area (TPSA) is 92.7 Å². The van der Waals surface area contributed by atoms with E-state index in [0.717, 1.165) is 5.56 Å². The van der Waals surface area contributed by atoms with Crippen molar-refractivity contribution in [1.82, 2.24) is 5.32 Å². The van der Waals surface area contributed by atoms with Crippen LogP contribution in [0.3, 0.4) is 0 Å². The van der Waals surface area contributed by atoms with Crippen molar-refractivity contribution in [2.45, 2.75) is 6.42 Å². The van der Waals surface area contributed by atoms with Gasteiger partial charge in [-0.25, -0.2) is 0 Å². The Bertz CT molecular complexity index is 740. The zero-order valence-electron chi connectivity index (χ0n) is 13.4. The number of benzene rings is 2. The van der Waals surface area contributed by atoms with E-state index in [1.807, 2.05) is 18.2 Å². The maximum Gasteiger partial charge on any atom is 0.251 e. The first-order chi connectivity index (χ1) is 12.0. The van der Waals surface area contributed by atoms with Crippen LogP contribution >= 0.6 is 11.6 Å². The molecule has 0 aromatic heterocycles. The highest BCUT2D eigenvalue weighted by atomic mass is 35.5. The number of anilines is 1. The molecule has 6 nitrogen and oxygen atoms in total. The fourth-order valence-corrected chi connectivity index (χ4v) is 3.03. The maximum atomic E-state index is 11.8. The zero-order valence-corrected chi connectivity index (χ0v) is 14.9. The van der Waals surface area contributed by atoms with Crippen molar-refractivity contribution in [3.63, 3.8) is 0 Å². The van der Waals surface area contributed by atoms with E-state index < -0.39 is 11.3 Å². The Balaban J connectivity index is 2.08. The van der Waals surface area contributed by atoms with E-state index in [-0.39, 0.29) is 25.6 Å². The average molecular weight is 382 g/mol. The molecule has 1 amide bonds. The molecule has 0 aliphatic heterocycles. The summed E-state index contributed by atoms with van der Waals surface area (Å²) in [5, 5.41) is 11.8. The molecule has 0 saturated heterocycles. The minimum atomic E-state index is -2.45. The number of nitrogens with one attached hydrogen (secondary N) is 1. The molecule has 8 heteroatoms. The molecule has 0 saturated carbocycles. The van der Waals surface area contributed by atoms with Gasteiger partial charge in [-0.05, 0) is 42.3 Å². The third-order valence-corrected chi connectivity index (χ3v) is 4.66. The Morgan fingerprint density at radius 3 is 2.48 bits per heavy atom. The molecule has 0 fully saturated rings. The highest BCUT2D eigenvalue weighted by molar-refractivity contribution is 7.80. The van der Waals surface area contributed by atoms with Crippen LogP contribution in [0.15, 0.2) is 48.5 Å². The molecular weight excluding hydrogens is 364 g/mol. The molecule has 2 aromatic rings. The second kappa shape index (κ2) is 9.53. The molecule has 2 rings (SSSR count). The predicted molar refractivity (Wildman–Crippen MR) is 97.3 cm³/mol. The number of nitrogens with zero attached hydrogens (tertiary/aromatic N) is 1. The van der Waals surface area contributed by atoms with Gasteiger partial charge in [0.05, 0.1) is 6.61 Å². The summed E-state index contributed by atoms with van der Waals surface area (Å²) in [6.07, 6.45) is 0.465. The van der Waals surface area contributed by atoms with Crippen molar-refractivity contribution in [1.29, 1.82) is 0 Å². The molecule has 0 radical (unpaired) electrons. The minimum absolute atomic E-state index is 0.144. The number of hydrogen-bond donors (Lipinski definition) is 2. The Morgan fingerprint density at radius 2 is 1.88 bits per heavy atom. The molecule has 2 aromatic carbocycles. The summed E-state index contributed by atoms with van der Waals surface area (Å²) >= 11 is 3.65. The zero-order chi connectivity index (χ0) is 18.2. The molecule has 0 aliphatic rings. The van der Waals surface area contributed by atoms with E-state index in [4.69, 9.17) is 16.7 Å². The highest BCUT2D eigenvalue weighted by Crippen LogP contribution is 2.20. The number of halogens is 1. The molecule has 2 N–H and O–H groups in total. The van der Waals surface area contributed by atoms with E-state index in [1.54, 1.807) is 18.2 Å². The molecule has 134 valence electrons. The lowest BCUT2D eigenvalue weighted by Crippen LogP contribution is -2.28. The Morgan fingerprint density at radius 1 is 1.20 bits per heavy atom. The number of amides is 1. The van der Waals surface area contributed by atoms with Crippen LogP contribution in [-0.4, -0.2) is 39.5 Å². The van der Waals surface area contributed by atoms with Crippen LogP contribution in [-0.2, 0) is 17.7 Å². The average Bonchev–Trinajstić information content (AvgIpc) is 2.61. The van der Waals surface area contributed by atoms with Crippen LogP contribution in [0, 0.1) is 0 Å². The summed E-state index contributed by atoms with van der Waals surface area (Å²) in [5.74, 6) is -0.327. The number of carbonyl (C=O) groups excluding carboxylic acids is 1. The Hall–Kier alpha value is -1.93. The fraction of sp³-hybridized carbons (Fsp3) is 0.235. The molecule has 1 unspecified atom stereocenters. The highest BCUT2D eigenvalue weighted by Gasteiger charge is 2.11. The van der Waals surface area contributed by atoms with E-state index in [2.05, 4.69) is 5.32 Å². The van der Waals surface area contributed by atoms with Crippen molar-refractivity contribution >= 4 is 34.5 Å². The number of rotatable bonds is 8. The Labute approximate surface area is 153 Å². The van der Waals surface area contributed by atoms with Crippen molar-refractivity contribution < 1.29 is 18.7 Å². The largest absolute Gasteiger partial charge is 0.755 e. The van der Waals surface area contributed by atoms with Crippen molar-refractivity contribution in [2.24, 2.45) is 0 Å². The smallest absolute Gasteiger partial charge is 0.251 e. The van der Waals surface area contributed by atoms with Gasteiger partial charge in [-0.2, -0.15) is 0 Å². The van der Waals surface area contributed by atoms with Crippen molar-refractivity contribution in [3.8, 4) is 0 Å². The van der Waals surface area contributed by atoms with Gasteiger partial charge in [-0.15, -0.1) is 0 Å². The van der Waals surface area contributed by atoms with Crippen LogP contribution in [0.1, 0.15) is 15.9 Å². The third kappa shape index (κ3) is 5.54. The predicted octanol–water partition coefficient (Wildman–Crippen LogP) is 1.91. The van der Waals surface area contributed by atoms with Crippen molar-refractivity contribution in [2.75, 3.05) is 24.0 Å². The quantitative estimate of drug-likeness (QED) is 0.683. The lowest BCUT2D eigenvalue weighted by atomic mass is 10.1. The van der Waals surface area contributed by atoms with E-state index >= 15 is 0 Å². The molecule has 0 heterocycles. The van der Waals surface area contributed by atoms with Gasteiger partial charge < -0.3 is 19.3 Å². The first-order valence-corrected chi connectivity index (χ1v) is 9.03. The number of carbonyl (C=O) groups is 1. The van der Waals surface area contributed by atoms with Crippen LogP contribution in [0.2, 0.25) is 5.02 Å². The van der Waals surface area contributed by atoms with E-state index in [1.165, 1.54) is 16.4 Å². The van der Waals surface area contributed by atoms with Gasteiger partial charge in [-0.1, -0.05) is 29.8 Å². The normalized spacial score (nSPS) is 11.8. The summed E-state index contributed by atoms with van der Waals surface area (Å²) in [6.45, 7) is 0.250. The maximum absolute atomic E-state index is 11.8. The van der Waals surface area contributed by atoms with Gasteiger partial charge in [-0.3, -0.25) is 9.00 Å². The summed E-state index contributed by atoms with van der Waals surface area (Å²) in [5.41, 5.74) is 1.71. The van der Waals surface area contributed by atoms with Gasteiger partial charge in [0.25, 0.3) is 5.91 Å². The third-order valence-electron chi connectivity index (χ3n) is 3.54. The van der Waals surface area contributed by atoms with E-state index in [9.17, 15) is 13.6 Å². The Kier molecular flexibility index (Phi) is 7.39. The standard InChI is InChI=1S/C17H19ClN2O4S/c18-16-4-2-1-3-13(16)9-11-20(25(23)24)15-7-5-14(6-8-15)17(22)19-10-12-21/h1-8,21H,9-12H2,(H,19,22)(H,23,24)/p-1. The van der Waals surface area contributed by atoms with E-state index in [0.29, 0.717) is 22.7 Å². The molecule has 0 spiro atoms. The van der Waals surface area contributed by atoms with Gasteiger partial charge >= 0.3 is 0 Å². The molecule has 0 aliphatic carbocycles. The molecular formula is C17H18ClN2O4S-. The van der Waals surface area contributed by atoms with Crippen LogP contribution in [0.5, 0.6) is 0 Å². The molecule has 0 bridgehead atoms. The SMILES string of the molecule is O=C(NCCO)c1ccc(N(CCc2ccccc2Cl)S(=O)[O-])cc1. The first kappa shape index (κ1) is 19.4. The molecule has 25 heavy (non-hydrogen) atoms. The summed E-state index contributed by atoms with van der Waals surface area (Å²) in [4.78, 5) is 11.8.